The minimum absolute atomic E-state index is 0.0451. The zero-order valence-electron chi connectivity index (χ0n) is 36.1. The molecule has 66 heavy (non-hydrogen) atoms. The minimum atomic E-state index is -4.59. The van der Waals surface area contributed by atoms with Crippen LogP contribution in [0.5, 0.6) is 5.75 Å². The number of halogens is 3. The maximum Gasteiger partial charge on any atom is 0.416 e. The number of aliphatic hydroxyl groups excluding tert-OH is 1. The van der Waals surface area contributed by atoms with Crippen LogP contribution >= 0.6 is 0 Å². The number of fused-ring (bicyclic) bond motifs is 2. The number of nitrogens with zero attached hydrogens (tertiary/aromatic N) is 2. The zero-order valence-corrected chi connectivity index (χ0v) is 36.1. The normalized spacial score (nSPS) is 15.0. The van der Waals surface area contributed by atoms with Gasteiger partial charge in [0.1, 0.15) is 23.4 Å². The monoisotopic (exact) mass is 892 g/mol. The maximum absolute atomic E-state index is 15.4. The van der Waals surface area contributed by atoms with E-state index in [4.69, 9.17) is 13.9 Å². The summed E-state index contributed by atoms with van der Waals surface area (Å²) in [5, 5.41) is 11.5. The topological polar surface area (TPSA) is 110 Å². The second kappa shape index (κ2) is 19.7. The molecule has 1 aliphatic heterocycles. The lowest BCUT2D eigenvalue weighted by atomic mass is 9.93. The number of hydrogen-bond donors (Lipinski definition) is 1. The molecule has 0 fully saturated rings. The highest BCUT2D eigenvalue weighted by molar-refractivity contribution is 6.00. The molecule has 0 radical (unpaired) electrons. The van der Waals surface area contributed by atoms with Gasteiger partial charge in [-0.25, -0.2) is 0 Å². The Bertz CT molecular complexity index is 2860. The van der Waals surface area contributed by atoms with Gasteiger partial charge in [-0.2, -0.15) is 13.2 Å². The van der Waals surface area contributed by atoms with Crippen LogP contribution in [0.15, 0.2) is 169 Å². The highest BCUT2D eigenvalue weighted by Crippen LogP contribution is 2.48. The molecule has 0 bridgehead atoms. The lowest BCUT2D eigenvalue weighted by Gasteiger charge is -2.39. The lowest BCUT2D eigenvalue weighted by Crippen LogP contribution is -2.53. The van der Waals surface area contributed by atoms with Crippen LogP contribution in [0, 0.1) is 0 Å². The molecule has 1 unspecified atom stereocenters. The van der Waals surface area contributed by atoms with Crippen molar-refractivity contribution in [1.29, 1.82) is 0 Å². The molecule has 3 atom stereocenters. The third-order valence-electron chi connectivity index (χ3n) is 11.6. The van der Waals surface area contributed by atoms with Gasteiger partial charge in [-0.15, -0.1) is 6.58 Å². The minimum Gasteiger partial charge on any atom is -0.493 e. The van der Waals surface area contributed by atoms with Gasteiger partial charge in [0.25, 0.3) is 5.91 Å². The van der Waals surface area contributed by atoms with Gasteiger partial charge in [-0.1, -0.05) is 103 Å². The van der Waals surface area contributed by atoms with E-state index in [0.717, 1.165) is 39.6 Å². The zero-order chi connectivity index (χ0) is 46.4. The number of carbonyl (C=O) groups excluding carboxylic acids is 3. The van der Waals surface area contributed by atoms with Crippen LogP contribution in [0.1, 0.15) is 58.6 Å². The first-order valence-corrected chi connectivity index (χ1v) is 21.6. The van der Waals surface area contributed by atoms with Crippen LogP contribution in [-0.4, -0.2) is 53.1 Å². The Hall–Kier alpha value is -7.44. The fourth-order valence-corrected chi connectivity index (χ4v) is 8.62. The van der Waals surface area contributed by atoms with E-state index in [1.807, 2.05) is 84.9 Å². The second-order valence-electron chi connectivity index (χ2n) is 16.1. The summed E-state index contributed by atoms with van der Waals surface area (Å²) in [5.41, 5.74) is 3.15. The van der Waals surface area contributed by atoms with Gasteiger partial charge in [0.15, 0.2) is 0 Å². The first-order valence-electron chi connectivity index (χ1n) is 21.6. The lowest BCUT2D eigenvalue weighted by molar-refractivity contribution is -0.148. The molecule has 6 aromatic carbocycles. The number of hydrogen-bond acceptors (Lipinski definition) is 7. The number of carbonyl (C=O) groups is 3. The van der Waals surface area contributed by atoms with Crippen LogP contribution in [-0.2, 0) is 33.5 Å². The highest BCUT2D eigenvalue weighted by Gasteiger charge is 2.51. The van der Waals surface area contributed by atoms with Gasteiger partial charge < -0.3 is 28.8 Å². The van der Waals surface area contributed by atoms with Crippen molar-refractivity contribution in [3.05, 3.63) is 192 Å². The SMILES string of the molecule is C=CCC(OC(C)=O)[C@@H]1[C@@H](N(Cc2ccc(-c3cccc(C(F)(F)F)c3)o2)C(=O)c2ccc(-c3ccccc3)cc2)c2cc(OCCCO)ccc2N1C(=O)Cc1ccc2ccccc2c1. The van der Waals surface area contributed by atoms with Crippen molar-refractivity contribution < 1.29 is 46.6 Å². The average Bonchev–Trinajstić information content (AvgIpc) is 3.93. The molecule has 1 aliphatic rings. The van der Waals surface area contributed by atoms with E-state index >= 15 is 9.59 Å². The fourth-order valence-electron chi connectivity index (χ4n) is 8.62. The summed E-state index contributed by atoms with van der Waals surface area (Å²) in [7, 11) is 0. The third kappa shape index (κ3) is 9.94. The van der Waals surface area contributed by atoms with E-state index in [9.17, 15) is 23.1 Å². The van der Waals surface area contributed by atoms with Gasteiger partial charge in [0.05, 0.1) is 37.2 Å². The van der Waals surface area contributed by atoms with E-state index in [1.54, 1.807) is 58.3 Å². The summed E-state index contributed by atoms with van der Waals surface area (Å²) in [5.74, 6) is -0.622. The Kier molecular flexibility index (Phi) is 13.5. The summed E-state index contributed by atoms with van der Waals surface area (Å²) in [6, 6.07) is 41.5. The number of rotatable bonds is 16. The fraction of sp³-hybridized carbons (Fsp3) is 0.204. The second-order valence-corrected chi connectivity index (χ2v) is 16.1. The number of ether oxygens (including phenoxy) is 2. The van der Waals surface area contributed by atoms with Crippen molar-refractivity contribution in [2.24, 2.45) is 0 Å². The number of aliphatic hydroxyl groups is 1. The van der Waals surface area contributed by atoms with Crippen LogP contribution in [0.4, 0.5) is 18.9 Å². The van der Waals surface area contributed by atoms with E-state index < -0.39 is 41.8 Å². The van der Waals surface area contributed by atoms with Crippen LogP contribution in [0.3, 0.4) is 0 Å². The molecule has 12 heteroatoms. The quantitative estimate of drug-likeness (QED) is 0.0584. The molecular formula is C54H47F3N2O7. The van der Waals surface area contributed by atoms with Gasteiger partial charge in [-0.3, -0.25) is 14.4 Å². The Balaban J connectivity index is 1.28. The highest BCUT2D eigenvalue weighted by atomic mass is 19.4. The number of esters is 1. The summed E-state index contributed by atoms with van der Waals surface area (Å²) in [6.07, 6.45) is -3.61. The number of furan rings is 1. The first-order chi connectivity index (χ1) is 31.9. The number of amides is 2. The molecule has 2 amide bonds. The Labute approximate surface area is 380 Å². The number of benzene rings is 6. The molecule has 0 saturated heterocycles. The molecule has 1 N–H and O–H groups in total. The Morgan fingerprint density at radius 2 is 1.55 bits per heavy atom. The molecule has 0 saturated carbocycles. The van der Waals surface area contributed by atoms with Gasteiger partial charge >= 0.3 is 12.1 Å². The molecule has 2 heterocycles. The van der Waals surface area contributed by atoms with Crippen molar-refractivity contribution in [3.8, 4) is 28.2 Å². The van der Waals surface area contributed by atoms with Gasteiger partial charge in [-0.05, 0) is 82.1 Å². The van der Waals surface area contributed by atoms with Crippen molar-refractivity contribution in [2.75, 3.05) is 18.1 Å². The molecule has 0 spiro atoms. The van der Waals surface area contributed by atoms with E-state index in [2.05, 4.69) is 6.58 Å². The summed E-state index contributed by atoms with van der Waals surface area (Å²) >= 11 is 0. The van der Waals surface area contributed by atoms with Crippen LogP contribution in [0.2, 0.25) is 0 Å². The van der Waals surface area contributed by atoms with Crippen molar-refractivity contribution >= 4 is 34.2 Å². The van der Waals surface area contributed by atoms with Crippen molar-refractivity contribution in [2.45, 2.75) is 57.1 Å². The Morgan fingerprint density at radius 1 is 0.818 bits per heavy atom. The molecule has 7 aromatic rings. The number of anilines is 1. The molecule has 336 valence electrons. The third-order valence-corrected chi connectivity index (χ3v) is 11.6. The van der Waals surface area contributed by atoms with Crippen LogP contribution in [0.25, 0.3) is 33.2 Å². The summed E-state index contributed by atoms with van der Waals surface area (Å²) in [6.45, 7) is 5.09. The van der Waals surface area contributed by atoms with E-state index in [1.165, 1.54) is 19.1 Å². The predicted molar refractivity (Wildman–Crippen MR) is 247 cm³/mol. The molecule has 1 aromatic heterocycles. The standard InChI is InChI=1S/C54H47F3N2O7/c1-3-11-49(65-35(2)61)52-51(46-33-44(64-29-10-28-60)24-26-47(46)59(52)50(62)31-36-18-19-38-14-7-8-15-41(38)30-36)58(53(63)40-22-20-39(21-23-40)37-12-5-4-6-13-37)34-45-25-27-48(66-45)42-16-9-17-43(32-42)54(55,56)57/h3-9,12-27,30,32-33,49,51-52,60H,1,10-11,28-29,31,34H2,2H3/t49?,51-,52+/m0/s1. The van der Waals surface area contributed by atoms with Gasteiger partial charge in [0.2, 0.25) is 5.91 Å². The van der Waals surface area contributed by atoms with Crippen molar-refractivity contribution in [3.63, 3.8) is 0 Å². The van der Waals surface area contributed by atoms with E-state index in [0.29, 0.717) is 29.0 Å². The maximum atomic E-state index is 15.4. The smallest absolute Gasteiger partial charge is 0.416 e. The molecule has 8 rings (SSSR count). The van der Waals surface area contributed by atoms with Gasteiger partial charge in [0, 0.05) is 48.8 Å². The Morgan fingerprint density at radius 3 is 2.27 bits per heavy atom. The first kappa shape index (κ1) is 45.1. The molecule has 9 nitrogen and oxygen atoms in total. The van der Waals surface area contributed by atoms with Crippen LogP contribution < -0.4 is 9.64 Å². The molecule has 0 aliphatic carbocycles. The van der Waals surface area contributed by atoms with Crippen molar-refractivity contribution in [1.82, 2.24) is 4.90 Å². The summed E-state index contributed by atoms with van der Waals surface area (Å²) < 4.78 is 59.8. The van der Waals surface area contributed by atoms with E-state index in [-0.39, 0.29) is 55.6 Å². The largest absolute Gasteiger partial charge is 0.493 e. The number of alkyl halides is 3. The summed E-state index contributed by atoms with van der Waals surface area (Å²) in [4.78, 5) is 46.7. The predicted octanol–water partition coefficient (Wildman–Crippen LogP) is 11.4. The molecular weight excluding hydrogens is 846 g/mol. The average molecular weight is 893 g/mol.